The number of carbonyl (C=O) groups is 1. The molecule has 1 aromatic carbocycles. The Bertz CT molecular complexity index is 426. The maximum atomic E-state index is 11.0. The molecule has 106 valence electrons. The van der Waals surface area contributed by atoms with Gasteiger partial charge in [-0.05, 0) is 19.1 Å². The number of ether oxygens (including phenoxy) is 2. The van der Waals surface area contributed by atoms with Crippen molar-refractivity contribution in [3.05, 3.63) is 28.8 Å². The molecule has 1 amide bonds. The predicted octanol–water partition coefficient (Wildman–Crippen LogP) is 1.33. The molecular formula is C13H19ClN2O3. The van der Waals surface area contributed by atoms with Crippen LogP contribution in [0.5, 0.6) is 5.75 Å². The molecule has 0 saturated heterocycles. The van der Waals surface area contributed by atoms with Gasteiger partial charge in [0.15, 0.2) is 6.10 Å². The molecule has 5 nitrogen and oxygen atoms in total. The Hall–Kier alpha value is -1.30. The summed E-state index contributed by atoms with van der Waals surface area (Å²) in [6.45, 7) is 3.44. The van der Waals surface area contributed by atoms with Crippen molar-refractivity contribution in [3.8, 4) is 5.75 Å². The van der Waals surface area contributed by atoms with E-state index >= 15 is 0 Å². The van der Waals surface area contributed by atoms with Crippen LogP contribution in [0.3, 0.4) is 0 Å². The summed E-state index contributed by atoms with van der Waals surface area (Å²) in [4.78, 5) is 11.0. The van der Waals surface area contributed by atoms with E-state index < -0.39 is 12.0 Å². The van der Waals surface area contributed by atoms with Gasteiger partial charge in [-0.2, -0.15) is 0 Å². The summed E-state index contributed by atoms with van der Waals surface area (Å²) in [5, 5.41) is 3.76. The van der Waals surface area contributed by atoms with Gasteiger partial charge in [0.2, 0.25) is 0 Å². The fourth-order valence-electron chi connectivity index (χ4n) is 1.46. The first kappa shape index (κ1) is 15.8. The number of amides is 1. The molecule has 0 aliphatic carbocycles. The van der Waals surface area contributed by atoms with Crippen molar-refractivity contribution in [2.24, 2.45) is 5.73 Å². The number of methoxy groups -OCH3 is 1. The van der Waals surface area contributed by atoms with Gasteiger partial charge in [-0.1, -0.05) is 17.7 Å². The lowest BCUT2D eigenvalue weighted by molar-refractivity contribution is -0.124. The summed E-state index contributed by atoms with van der Waals surface area (Å²) in [5.41, 5.74) is 5.98. The van der Waals surface area contributed by atoms with Gasteiger partial charge in [-0.25, -0.2) is 0 Å². The Morgan fingerprint density at radius 2 is 2.26 bits per heavy atom. The molecule has 1 unspecified atom stereocenters. The van der Waals surface area contributed by atoms with Crippen molar-refractivity contribution in [2.45, 2.75) is 19.6 Å². The summed E-state index contributed by atoms with van der Waals surface area (Å²) < 4.78 is 10.5. The first-order chi connectivity index (χ1) is 9.06. The minimum Gasteiger partial charge on any atom is -0.481 e. The number of hydrogen-bond donors (Lipinski definition) is 2. The molecule has 1 atom stereocenters. The Kier molecular flexibility index (Phi) is 6.62. The Balaban J connectivity index is 2.74. The van der Waals surface area contributed by atoms with Gasteiger partial charge in [-0.15, -0.1) is 0 Å². The number of benzene rings is 1. The van der Waals surface area contributed by atoms with Crippen LogP contribution in [0, 0.1) is 0 Å². The maximum absolute atomic E-state index is 11.0. The second-order valence-corrected chi connectivity index (χ2v) is 4.46. The van der Waals surface area contributed by atoms with Crippen LogP contribution in [0.2, 0.25) is 5.02 Å². The van der Waals surface area contributed by atoms with Gasteiger partial charge in [-0.3, -0.25) is 4.79 Å². The summed E-state index contributed by atoms with van der Waals surface area (Å²) in [6.07, 6.45) is -0.698. The zero-order valence-electron chi connectivity index (χ0n) is 11.1. The first-order valence-corrected chi connectivity index (χ1v) is 6.37. The molecule has 0 aromatic heterocycles. The minimum absolute atomic E-state index is 0.515. The Morgan fingerprint density at radius 3 is 2.89 bits per heavy atom. The number of nitrogens with two attached hydrogens (primary N) is 1. The second kappa shape index (κ2) is 7.99. The number of hydrogen-bond acceptors (Lipinski definition) is 4. The topological polar surface area (TPSA) is 73.6 Å². The molecule has 0 spiro atoms. The summed E-state index contributed by atoms with van der Waals surface area (Å²) in [7, 11) is 1.64. The van der Waals surface area contributed by atoms with Crippen molar-refractivity contribution in [2.75, 3.05) is 20.3 Å². The van der Waals surface area contributed by atoms with Gasteiger partial charge in [0.25, 0.3) is 5.91 Å². The van der Waals surface area contributed by atoms with E-state index in [9.17, 15) is 4.79 Å². The third-order valence-electron chi connectivity index (χ3n) is 2.57. The fourth-order valence-corrected chi connectivity index (χ4v) is 1.69. The average molecular weight is 287 g/mol. The monoisotopic (exact) mass is 286 g/mol. The lowest BCUT2D eigenvalue weighted by atomic mass is 10.2. The SMILES string of the molecule is COCCNCc1c(Cl)cccc1OC(C)C(N)=O. The number of carbonyl (C=O) groups excluding carboxylic acids is 1. The second-order valence-electron chi connectivity index (χ2n) is 4.05. The number of rotatable bonds is 8. The van der Waals surface area contributed by atoms with Crippen LogP contribution in [0.25, 0.3) is 0 Å². The van der Waals surface area contributed by atoms with Crippen molar-refractivity contribution in [3.63, 3.8) is 0 Å². The molecule has 0 aliphatic rings. The van der Waals surface area contributed by atoms with E-state index in [1.807, 2.05) is 0 Å². The molecule has 0 saturated carbocycles. The third kappa shape index (κ3) is 5.06. The van der Waals surface area contributed by atoms with Crippen LogP contribution in [-0.4, -0.2) is 32.3 Å². The Morgan fingerprint density at radius 1 is 1.53 bits per heavy atom. The average Bonchev–Trinajstić information content (AvgIpc) is 2.37. The van der Waals surface area contributed by atoms with Crippen LogP contribution < -0.4 is 15.8 Å². The van der Waals surface area contributed by atoms with E-state index in [1.54, 1.807) is 32.2 Å². The minimum atomic E-state index is -0.698. The molecule has 1 aromatic rings. The van der Waals surface area contributed by atoms with E-state index in [1.165, 1.54) is 0 Å². The molecule has 0 fully saturated rings. The zero-order valence-corrected chi connectivity index (χ0v) is 11.9. The quantitative estimate of drug-likeness (QED) is 0.707. The maximum Gasteiger partial charge on any atom is 0.258 e. The van der Waals surface area contributed by atoms with E-state index in [2.05, 4.69) is 5.32 Å². The highest BCUT2D eigenvalue weighted by Gasteiger charge is 2.14. The van der Waals surface area contributed by atoms with E-state index in [4.69, 9.17) is 26.8 Å². The summed E-state index contributed by atoms with van der Waals surface area (Å²) in [5.74, 6) is 0.0435. The molecule has 0 heterocycles. The smallest absolute Gasteiger partial charge is 0.258 e. The Labute approximate surface area is 118 Å². The predicted molar refractivity (Wildman–Crippen MR) is 74.3 cm³/mol. The molecule has 1 rings (SSSR count). The van der Waals surface area contributed by atoms with Crippen molar-refractivity contribution >= 4 is 17.5 Å². The largest absolute Gasteiger partial charge is 0.481 e. The van der Waals surface area contributed by atoms with Gasteiger partial charge in [0, 0.05) is 30.8 Å². The molecule has 6 heteroatoms. The van der Waals surface area contributed by atoms with Crippen LogP contribution in [0.15, 0.2) is 18.2 Å². The van der Waals surface area contributed by atoms with Crippen LogP contribution in [0.4, 0.5) is 0 Å². The van der Waals surface area contributed by atoms with Gasteiger partial charge in [0.1, 0.15) is 5.75 Å². The third-order valence-corrected chi connectivity index (χ3v) is 2.92. The summed E-state index contributed by atoms with van der Waals surface area (Å²) >= 11 is 6.14. The fraction of sp³-hybridized carbons (Fsp3) is 0.462. The molecule has 0 aliphatic heterocycles. The van der Waals surface area contributed by atoms with Gasteiger partial charge < -0.3 is 20.5 Å². The summed E-state index contributed by atoms with van der Waals surface area (Å²) in [6, 6.07) is 5.30. The highest BCUT2D eigenvalue weighted by molar-refractivity contribution is 6.31. The first-order valence-electron chi connectivity index (χ1n) is 5.99. The van der Waals surface area contributed by atoms with Crippen LogP contribution >= 0.6 is 11.6 Å². The number of nitrogens with one attached hydrogen (secondary N) is 1. The number of primary amides is 1. The van der Waals surface area contributed by atoms with Crippen LogP contribution in [0.1, 0.15) is 12.5 Å². The van der Waals surface area contributed by atoms with Crippen molar-refractivity contribution in [1.29, 1.82) is 0 Å². The lowest BCUT2D eigenvalue weighted by Crippen LogP contribution is -2.31. The standard InChI is InChI=1S/C13H19ClN2O3/c1-9(13(15)17)19-12-5-3-4-11(14)10(12)8-16-6-7-18-2/h3-5,9,16H,6-8H2,1-2H3,(H2,15,17). The highest BCUT2D eigenvalue weighted by atomic mass is 35.5. The van der Waals surface area contributed by atoms with Crippen LogP contribution in [-0.2, 0) is 16.1 Å². The molecule has 0 bridgehead atoms. The van der Waals surface area contributed by atoms with E-state index in [0.29, 0.717) is 30.5 Å². The van der Waals surface area contributed by atoms with E-state index in [0.717, 1.165) is 5.56 Å². The highest BCUT2D eigenvalue weighted by Crippen LogP contribution is 2.27. The van der Waals surface area contributed by atoms with E-state index in [-0.39, 0.29) is 0 Å². The molecule has 3 N–H and O–H groups in total. The lowest BCUT2D eigenvalue weighted by Gasteiger charge is -2.16. The van der Waals surface area contributed by atoms with Crippen molar-refractivity contribution in [1.82, 2.24) is 5.32 Å². The normalized spacial score (nSPS) is 12.2. The van der Waals surface area contributed by atoms with Crippen molar-refractivity contribution < 1.29 is 14.3 Å². The molecular weight excluding hydrogens is 268 g/mol. The van der Waals surface area contributed by atoms with Gasteiger partial charge >= 0.3 is 0 Å². The molecule has 19 heavy (non-hydrogen) atoms. The zero-order chi connectivity index (χ0) is 14.3. The molecule has 0 radical (unpaired) electrons. The van der Waals surface area contributed by atoms with Gasteiger partial charge in [0.05, 0.1) is 6.61 Å². The number of halogens is 1.